The van der Waals surface area contributed by atoms with Crippen molar-refractivity contribution in [1.82, 2.24) is 4.98 Å². The summed E-state index contributed by atoms with van der Waals surface area (Å²) >= 11 is 0. The second-order valence-electron chi connectivity index (χ2n) is 3.62. The molecule has 2 aromatic rings. The van der Waals surface area contributed by atoms with Gasteiger partial charge in [-0.3, -0.25) is 4.98 Å². The van der Waals surface area contributed by atoms with E-state index in [2.05, 4.69) is 4.98 Å². The van der Waals surface area contributed by atoms with Gasteiger partial charge in [-0.1, -0.05) is 18.2 Å². The molecule has 94 valence electrons. The van der Waals surface area contributed by atoms with Crippen LogP contribution >= 0.6 is 0 Å². The van der Waals surface area contributed by atoms with E-state index in [0.29, 0.717) is 11.3 Å². The third kappa shape index (κ3) is 2.30. The van der Waals surface area contributed by atoms with Gasteiger partial charge in [0.2, 0.25) is 0 Å². The maximum absolute atomic E-state index is 12.9. The number of hydrogen-bond donors (Lipinski definition) is 0. The van der Waals surface area contributed by atoms with Crippen LogP contribution in [0.5, 0.6) is 5.75 Å². The highest BCUT2D eigenvalue weighted by atomic mass is 19.4. The summed E-state index contributed by atoms with van der Waals surface area (Å²) < 4.78 is 43.8. The van der Waals surface area contributed by atoms with E-state index in [9.17, 15) is 13.2 Å². The van der Waals surface area contributed by atoms with E-state index in [0.717, 1.165) is 6.07 Å². The number of pyridine rings is 1. The molecule has 1 aromatic carbocycles. The normalized spacial score (nSPS) is 11.3. The van der Waals surface area contributed by atoms with Crippen LogP contribution in [0.4, 0.5) is 13.2 Å². The molecule has 0 bridgehead atoms. The molecule has 0 N–H and O–H groups in total. The molecular weight excluding hydrogens is 243 g/mol. The Balaban J connectivity index is 2.65. The highest BCUT2D eigenvalue weighted by molar-refractivity contribution is 5.73. The molecule has 0 aliphatic carbocycles. The molecule has 0 atom stereocenters. The van der Waals surface area contributed by atoms with Crippen molar-refractivity contribution in [3.63, 3.8) is 0 Å². The first-order valence-electron chi connectivity index (χ1n) is 5.18. The standard InChI is InChI=1S/C13H10F3NO/c1-18-12-6-7-17-8-10(12)9-4-2-3-5-11(9)13(14,15)16/h2-8H,1H3. The SMILES string of the molecule is COc1ccncc1-c1ccccc1C(F)(F)F. The molecule has 2 rings (SSSR count). The number of methoxy groups -OCH3 is 1. The summed E-state index contributed by atoms with van der Waals surface area (Å²) in [6.45, 7) is 0. The Morgan fingerprint density at radius 3 is 2.44 bits per heavy atom. The van der Waals surface area contributed by atoms with E-state index in [1.807, 2.05) is 0 Å². The molecule has 0 unspecified atom stereocenters. The van der Waals surface area contributed by atoms with Gasteiger partial charge in [-0.25, -0.2) is 0 Å². The maximum Gasteiger partial charge on any atom is 0.417 e. The Kier molecular flexibility index (Phi) is 3.23. The second kappa shape index (κ2) is 4.68. The Labute approximate surface area is 102 Å². The number of aromatic nitrogens is 1. The number of hydrogen-bond acceptors (Lipinski definition) is 2. The van der Waals surface area contributed by atoms with Crippen molar-refractivity contribution in [2.45, 2.75) is 6.18 Å². The lowest BCUT2D eigenvalue weighted by molar-refractivity contribution is -0.137. The zero-order valence-corrected chi connectivity index (χ0v) is 9.53. The lowest BCUT2D eigenvalue weighted by Gasteiger charge is -2.14. The van der Waals surface area contributed by atoms with Gasteiger partial charge in [0.1, 0.15) is 5.75 Å². The summed E-state index contributed by atoms with van der Waals surface area (Å²) in [6, 6.07) is 6.89. The van der Waals surface area contributed by atoms with Crippen LogP contribution in [0.1, 0.15) is 5.56 Å². The molecule has 0 radical (unpaired) electrons. The van der Waals surface area contributed by atoms with E-state index in [-0.39, 0.29) is 5.56 Å². The van der Waals surface area contributed by atoms with E-state index < -0.39 is 11.7 Å². The van der Waals surface area contributed by atoms with Gasteiger partial charge in [0.05, 0.1) is 12.7 Å². The van der Waals surface area contributed by atoms with Gasteiger partial charge in [-0.15, -0.1) is 0 Å². The third-order valence-electron chi connectivity index (χ3n) is 2.52. The first-order chi connectivity index (χ1) is 8.54. The van der Waals surface area contributed by atoms with Gasteiger partial charge in [-0.05, 0) is 17.7 Å². The van der Waals surface area contributed by atoms with E-state index >= 15 is 0 Å². The monoisotopic (exact) mass is 253 g/mol. The smallest absolute Gasteiger partial charge is 0.417 e. The van der Waals surface area contributed by atoms with Crippen LogP contribution in [0.25, 0.3) is 11.1 Å². The minimum absolute atomic E-state index is 0.0648. The van der Waals surface area contributed by atoms with E-state index in [4.69, 9.17) is 4.74 Å². The molecule has 1 heterocycles. The molecule has 18 heavy (non-hydrogen) atoms. The van der Waals surface area contributed by atoms with E-state index in [1.54, 1.807) is 6.07 Å². The summed E-state index contributed by atoms with van der Waals surface area (Å²) in [5.74, 6) is 0.363. The quantitative estimate of drug-likeness (QED) is 0.812. The average Bonchev–Trinajstić information content (AvgIpc) is 2.37. The van der Waals surface area contributed by atoms with Gasteiger partial charge >= 0.3 is 6.18 Å². The summed E-state index contributed by atoms with van der Waals surface area (Å²) in [4.78, 5) is 3.85. The number of benzene rings is 1. The Hall–Kier alpha value is -2.04. The van der Waals surface area contributed by atoms with Gasteiger partial charge in [0.15, 0.2) is 0 Å². The Morgan fingerprint density at radius 1 is 1.06 bits per heavy atom. The molecule has 0 aliphatic heterocycles. The summed E-state index contributed by atoms with van der Waals surface area (Å²) in [5, 5.41) is 0. The fourth-order valence-corrected chi connectivity index (χ4v) is 1.73. The largest absolute Gasteiger partial charge is 0.496 e. The van der Waals surface area contributed by atoms with Crippen LogP contribution in [-0.4, -0.2) is 12.1 Å². The van der Waals surface area contributed by atoms with Crippen molar-refractivity contribution in [3.8, 4) is 16.9 Å². The summed E-state index contributed by atoms with van der Waals surface area (Å²) in [7, 11) is 1.41. The van der Waals surface area contributed by atoms with Crippen molar-refractivity contribution < 1.29 is 17.9 Å². The minimum atomic E-state index is -4.41. The molecule has 0 fully saturated rings. The van der Waals surface area contributed by atoms with Crippen LogP contribution in [0.3, 0.4) is 0 Å². The van der Waals surface area contributed by atoms with Crippen LogP contribution in [0, 0.1) is 0 Å². The number of alkyl halides is 3. The Bertz CT molecular complexity index is 552. The van der Waals surface area contributed by atoms with Crippen molar-refractivity contribution in [1.29, 1.82) is 0 Å². The predicted octanol–water partition coefficient (Wildman–Crippen LogP) is 3.78. The topological polar surface area (TPSA) is 22.1 Å². The summed E-state index contributed by atoms with van der Waals surface area (Å²) in [5.41, 5.74) is -0.306. The van der Waals surface area contributed by atoms with Crippen LogP contribution < -0.4 is 4.74 Å². The molecule has 0 aliphatic rings. The third-order valence-corrected chi connectivity index (χ3v) is 2.52. The summed E-state index contributed by atoms with van der Waals surface area (Å²) in [6.07, 6.45) is -1.57. The van der Waals surface area contributed by atoms with Crippen LogP contribution in [0.2, 0.25) is 0 Å². The van der Waals surface area contributed by atoms with Crippen molar-refractivity contribution in [3.05, 3.63) is 48.3 Å². The number of halogens is 3. The average molecular weight is 253 g/mol. The number of nitrogens with zero attached hydrogens (tertiary/aromatic N) is 1. The van der Waals surface area contributed by atoms with Crippen molar-refractivity contribution in [2.24, 2.45) is 0 Å². The molecule has 0 spiro atoms. The highest BCUT2D eigenvalue weighted by Gasteiger charge is 2.33. The molecule has 1 aromatic heterocycles. The molecule has 0 saturated carbocycles. The van der Waals surface area contributed by atoms with Crippen molar-refractivity contribution in [2.75, 3.05) is 7.11 Å². The number of rotatable bonds is 2. The molecule has 2 nitrogen and oxygen atoms in total. The first kappa shape index (κ1) is 12.4. The zero-order valence-electron chi connectivity index (χ0n) is 9.53. The Morgan fingerprint density at radius 2 is 1.78 bits per heavy atom. The highest BCUT2D eigenvalue weighted by Crippen LogP contribution is 2.39. The maximum atomic E-state index is 12.9. The second-order valence-corrected chi connectivity index (χ2v) is 3.62. The van der Waals surface area contributed by atoms with Crippen LogP contribution in [-0.2, 0) is 6.18 Å². The van der Waals surface area contributed by atoms with Gasteiger partial charge in [0.25, 0.3) is 0 Å². The molecule has 0 amide bonds. The van der Waals surface area contributed by atoms with Gasteiger partial charge < -0.3 is 4.74 Å². The minimum Gasteiger partial charge on any atom is -0.496 e. The van der Waals surface area contributed by atoms with E-state index in [1.165, 1.54) is 37.7 Å². The zero-order chi connectivity index (χ0) is 13.2. The van der Waals surface area contributed by atoms with Gasteiger partial charge in [-0.2, -0.15) is 13.2 Å². The molecule has 5 heteroatoms. The first-order valence-corrected chi connectivity index (χ1v) is 5.18. The van der Waals surface area contributed by atoms with Crippen LogP contribution in [0.15, 0.2) is 42.7 Å². The molecule has 0 saturated heterocycles. The van der Waals surface area contributed by atoms with Gasteiger partial charge in [0, 0.05) is 18.0 Å². The molecular formula is C13H10F3NO. The lowest BCUT2D eigenvalue weighted by Crippen LogP contribution is -2.07. The fourth-order valence-electron chi connectivity index (χ4n) is 1.73. The predicted molar refractivity (Wildman–Crippen MR) is 61.2 cm³/mol. The number of ether oxygens (including phenoxy) is 1. The van der Waals surface area contributed by atoms with Crippen molar-refractivity contribution >= 4 is 0 Å². The fraction of sp³-hybridized carbons (Fsp3) is 0.154. The lowest BCUT2D eigenvalue weighted by atomic mass is 10.00.